The number of ketones is 1. The molecule has 2 aromatic rings. The predicted octanol–water partition coefficient (Wildman–Crippen LogP) is 2.54. The van der Waals surface area contributed by atoms with Gasteiger partial charge in [0.05, 0.1) is 17.7 Å². The number of likely N-dealkylation sites (tertiary alicyclic amines) is 1. The number of aliphatic hydroxyl groups is 2. The molecule has 1 aliphatic rings. The Balaban J connectivity index is 2.17. The van der Waals surface area contributed by atoms with Gasteiger partial charge >= 0.3 is 0 Å². The van der Waals surface area contributed by atoms with Crippen molar-refractivity contribution in [1.82, 2.24) is 9.88 Å². The minimum Gasteiger partial charge on any atom is -0.507 e. The Kier molecular flexibility index (Phi) is 5.06. The lowest BCUT2D eigenvalue weighted by Gasteiger charge is -2.26. The standard InChI is InChI=1S/C19H17ClN2O4/c1-11(23)10-22-16(13-3-2-8-21-9-13)15(18(25)19(22)26)17(24)12-4-6-14(20)7-5-12/h2-9,11,16,23-24H,10H2,1H3/b17-15+. The summed E-state index contributed by atoms with van der Waals surface area (Å²) in [6, 6.07) is 8.88. The van der Waals surface area contributed by atoms with Crippen LogP contribution in [0.1, 0.15) is 24.1 Å². The highest BCUT2D eigenvalue weighted by atomic mass is 35.5. The molecule has 2 heterocycles. The van der Waals surface area contributed by atoms with Gasteiger partial charge in [-0.1, -0.05) is 17.7 Å². The molecule has 0 radical (unpaired) electrons. The second kappa shape index (κ2) is 7.27. The molecule has 0 spiro atoms. The van der Waals surface area contributed by atoms with E-state index in [0.717, 1.165) is 0 Å². The highest BCUT2D eigenvalue weighted by molar-refractivity contribution is 6.46. The van der Waals surface area contributed by atoms with Gasteiger partial charge in [-0.15, -0.1) is 0 Å². The number of halogens is 1. The number of rotatable bonds is 4. The van der Waals surface area contributed by atoms with E-state index in [1.54, 1.807) is 42.6 Å². The molecule has 3 rings (SSSR count). The number of hydrogen-bond donors (Lipinski definition) is 2. The molecule has 1 aliphatic heterocycles. The fourth-order valence-corrected chi connectivity index (χ4v) is 3.13. The number of Topliss-reactive ketones (excluding diaryl/α,β-unsaturated/α-hetero) is 1. The Morgan fingerprint density at radius 1 is 1.27 bits per heavy atom. The van der Waals surface area contributed by atoms with E-state index in [9.17, 15) is 19.8 Å². The third-order valence-corrected chi connectivity index (χ3v) is 4.37. The lowest BCUT2D eigenvalue weighted by molar-refractivity contribution is -0.140. The van der Waals surface area contributed by atoms with Gasteiger partial charge in [-0.2, -0.15) is 0 Å². The zero-order valence-corrected chi connectivity index (χ0v) is 14.7. The van der Waals surface area contributed by atoms with Crippen molar-refractivity contribution in [2.45, 2.75) is 19.1 Å². The maximum atomic E-state index is 12.6. The van der Waals surface area contributed by atoms with Crippen molar-refractivity contribution in [3.63, 3.8) is 0 Å². The molecule has 0 aliphatic carbocycles. The van der Waals surface area contributed by atoms with Crippen LogP contribution in [0.2, 0.25) is 5.02 Å². The fraction of sp³-hybridized carbons (Fsp3) is 0.211. The summed E-state index contributed by atoms with van der Waals surface area (Å²) in [6.45, 7) is 1.49. The zero-order valence-electron chi connectivity index (χ0n) is 14.0. The molecule has 2 N–H and O–H groups in total. The molecule has 26 heavy (non-hydrogen) atoms. The molecule has 6 nitrogen and oxygen atoms in total. The molecule has 1 saturated heterocycles. The first-order valence-electron chi connectivity index (χ1n) is 8.02. The minimum atomic E-state index is -0.831. The average molecular weight is 373 g/mol. The lowest BCUT2D eigenvalue weighted by atomic mass is 9.96. The fourth-order valence-electron chi connectivity index (χ4n) is 3.00. The molecule has 1 aromatic carbocycles. The van der Waals surface area contributed by atoms with Crippen LogP contribution >= 0.6 is 11.6 Å². The Labute approximate surface area is 155 Å². The van der Waals surface area contributed by atoms with E-state index in [4.69, 9.17) is 11.6 Å². The molecular weight excluding hydrogens is 356 g/mol. The number of benzene rings is 1. The van der Waals surface area contributed by atoms with Crippen LogP contribution < -0.4 is 0 Å². The maximum Gasteiger partial charge on any atom is 0.295 e. The van der Waals surface area contributed by atoms with Crippen LogP contribution in [-0.4, -0.2) is 44.4 Å². The van der Waals surface area contributed by atoms with Crippen molar-refractivity contribution in [2.24, 2.45) is 0 Å². The Morgan fingerprint density at radius 3 is 2.54 bits per heavy atom. The van der Waals surface area contributed by atoms with Crippen LogP contribution in [-0.2, 0) is 9.59 Å². The molecule has 0 saturated carbocycles. The van der Waals surface area contributed by atoms with E-state index in [2.05, 4.69) is 4.98 Å². The van der Waals surface area contributed by atoms with E-state index < -0.39 is 23.8 Å². The summed E-state index contributed by atoms with van der Waals surface area (Å²) in [6.07, 6.45) is 2.27. The van der Waals surface area contributed by atoms with Gasteiger partial charge in [0.1, 0.15) is 5.76 Å². The molecule has 0 bridgehead atoms. The number of amides is 1. The lowest BCUT2D eigenvalue weighted by Crippen LogP contribution is -2.35. The average Bonchev–Trinajstić information content (AvgIpc) is 2.87. The van der Waals surface area contributed by atoms with E-state index in [0.29, 0.717) is 16.1 Å². The van der Waals surface area contributed by atoms with Crippen molar-refractivity contribution in [3.8, 4) is 0 Å². The van der Waals surface area contributed by atoms with E-state index in [1.165, 1.54) is 18.0 Å². The molecule has 1 amide bonds. The molecular formula is C19H17ClN2O4. The number of nitrogens with zero attached hydrogens (tertiary/aromatic N) is 2. The summed E-state index contributed by atoms with van der Waals surface area (Å²) in [7, 11) is 0. The SMILES string of the molecule is CC(O)CN1C(=O)C(=O)/C(=C(/O)c2ccc(Cl)cc2)C1c1cccnc1. The van der Waals surface area contributed by atoms with Crippen LogP contribution in [0.3, 0.4) is 0 Å². The number of pyridine rings is 1. The summed E-state index contributed by atoms with van der Waals surface area (Å²) in [5.74, 6) is -1.86. The van der Waals surface area contributed by atoms with Crippen molar-refractivity contribution >= 4 is 29.1 Å². The van der Waals surface area contributed by atoms with Crippen LogP contribution in [0.15, 0.2) is 54.4 Å². The molecule has 2 atom stereocenters. The van der Waals surface area contributed by atoms with Gasteiger partial charge in [0, 0.05) is 29.5 Å². The Bertz CT molecular complexity index is 863. The summed E-state index contributed by atoms with van der Waals surface area (Å²) >= 11 is 5.87. The quantitative estimate of drug-likeness (QED) is 0.489. The summed E-state index contributed by atoms with van der Waals surface area (Å²) in [5, 5.41) is 21.0. The second-order valence-corrected chi connectivity index (χ2v) is 6.53. The number of hydrogen-bond acceptors (Lipinski definition) is 5. The van der Waals surface area contributed by atoms with Gasteiger partial charge in [-0.25, -0.2) is 0 Å². The second-order valence-electron chi connectivity index (χ2n) is 6.09. The topological polar surface area (TPSA) is 90.7 Å². The van der Waals surface area contributed by atoms with Crippen molar-refractivity contribution in [1.29, 1.82) is 0 Å². The monoisotopic (exact) mass is 372 g/mol. The highest BCUT2D eigenvalue weighted by Gasteiger charge is 2.46. The molecule has 1 fully saturated rings. The predicted molar refractivity (Wildman–Crippen MR) is 96.4 cm³/mol. The summed E-state index contributed by atoms with van der Waals surface area (Å²) in [5.41, 5.74) is 0.909. The van der Waals surface area contributed by atoms with E-state index in [-0.39, 0.29) is 17.9 Å². The molecule has 1 aromatic heterocycles. The first-order valence-corrected chi connectivity index (χ1v) is 8.40. The normalized spacial score (nSPS) is 20.4. The molecule has 7 heteroatoms. The number of aromatic nitrogens is 1. The smallest absolute Gasteiger partial charge is 0.295 e. The number of aliphatic hydroxyl groups excluding tert-OH is 2. The summed E-state index contributed by atoms with van der Waals surface area (Å²) in [4.78, 5) is 30.4. The Hall–Kier alpha value is -2.70. The van der Waals surface area contributed by atoms with Gasteiger partial charge in [-0.3, -0.25) is 14.6 Å². The number of β-amino-alcohol motifs (C(OH)–C–C–N with tert-alkyl or cyclic N) is 1. The number of carbonyl (C=O) groups is 2. The van der Waals surface area contributed by atoms with Crippen molar-refractivity contribution in [2.75, 3.05) is 6.54 Å². The first-order chi connectivity index (χ1) is 12.4. The number of carbonyl (C=O) groups excluding carboxylic acids is 2. The maximum absolute atomic E-state index is 12.6. The van der Waals surface area contributed by atoms with Crippen LogP contribution in [0.25, 0.3) is 5.76 Å². The Morgan fingerprint density at radius 2 is 1.96 bits per heavy atom. The van der Waals surface area contributed by atoms with Crippen LogP contribution in [0, 0.1) is 0 Å². The third kappa shape index (κ3) is 3.34. The van der Waals surface area contributed by atoms with Gasteiger partial charge in [-0.05, 0) is 42.8 Å². The van der Waals surface area contributed by atoms with Gasteiger partial charge in [0.15, 0.2) is 0 Å². The van der Waals surface area contributed by atoms with Gasteiger partial charge in [0.2, 0.25) is 0 Å². The van der Waals surface area contributed by atoms with Gasteiger partial charge < -0.3 is 15.1 Å². The summed E-state index contributed by atoms with van der Waals surface area (Å²) < 4.78 is 0. The highest BCUT2D eigenvalue weighted by Crippen LogP contribution is 2.39. The zero-order chi connectivity index (χ0) is 18.8. The van der Waals surface area contributed by atoms with E-state index in [1.807, 2.05) is 0 Å². The van der Waals surface area contributed by atoms with Crippen LogP contribution in [0.4, 0.5) is 0 Å². The molecule has 134 valence electrons. The largest absolute Gasteiger partial charge is 0.507 e. The first kappa shape index (κ1) is 18.1. The third-order valence-electron chi connectivity index (χ3n) is 4.12. The van der Waals surface area contributed by atoms with E-state index >= 15 is 0 Å². The minimum absolute atomic E-state index is 0.0361. The molecule has 2 unspecified atom stereocenters. The van der Waals surface area contributed by atoms with Gasteiger partial charge in [0.25, 0.3) is 11.7 Å². The van der Waals surface area contributed by atoms with Crippen LogP contribution in [0.5, 0.6) is 0 Å². The van der Waals surface area contributed by atoms with Crippen molar-refractivity contribution < 1.29 is 19.8 Å². The van der Waals surface area contributed by atoms with Crippen molar-refractivity contribution in [3.05, 3.63) is 70.5 Å².